The zero-order valence-electron chi connectivity index (χ0n) is 19.6. The fraction of sp³-hybridized carbons (Fsp3) is 0.0357. The molecule has 0 heterocycles. The van der Waals surface area contributed by atoms with Crippen LogP contribution in [-0.4, -0.2) is 21.4 Å². The molecule has 0 aromatic heterocycles. The van der Waals surface area contributed by atoms with Crippen LogP contribution in [0.15, 0.2) is 102 Å². The summed E-state index contributed by atoms with van der Waals surface area (Å²) in [6.45, 7) is 0. The molecule has 0 atom stereocenters. The molecule has 0 fully saturated rings. The fourth-order valence-corrected chi connectivity index (χ4v) is 5.05. The Hall–Kier alpha value is -3.78. The summed E-state index contributed by atoms with van der Waals surface area (Å²) in [6, 6.07) is 26.9. The first-order valence-electron chi connectivity index (χ1n) is 11.1. The highest BCUT2D eigenvalue weighted by Gasteiger charge is 2.17. The summed E-state index contributed by atoms with van der Waals surface area (Å²) in [7, 11) is -2.32. The van der Waals surface area contributed by atoms with E-state index in [1.807, 2.05) is 54.6 Å². The van der Waals surface area contributed by atoms with Crippen molar-refractivity contribution in [3.63, 3.8) is 0 Å². The van der Waals surface area contributed by atoms with Gasteiger partial charge in [0.05, 0.1) is 22.7 Å². The number of ether oxygens (including phenoxy) is 1. The van der Waals surface area contributed by atoms with Crippen molar-refractivity contribution in [1.82, 2.24) is 0 Å². The first kappa shape index (κ1) is 26.3. The van der Waals surface area contributed by atoms with Gasteiger partial charge in [-0.15, -0.1) is 0 Å². The Kier molecular flexibility index (Phi) is 8.18. The fourth-order valence-electron chi connectivity index (χ4n) is 3.46. The van der Waals surface area contributed by atoms with Gasteiger partial charge in [-0.2, -0.15) is 0 Å². The molecule has 0 spiro atoms. The zero-order valence-corrected chi connectivity index (χ0v) is 21.9. The van der Waals surface area contributed by atoms with Crippen molar-refractivity contribution in [2.45, 2.75) is 4.90 Å². The lowest BCUT2D eigenvalue weighted by molar-refractivity contribution is -0.111. The van der Waals surface area contributed by atoms with Gasteiger partial charge in [0, 0.05) is 16.3 Å². The Morgan fingerprint density at radius 3 is 2.16 bits per heavy atom. The average Bonchev–Trinajstić information content (AvgIpc) is 2.90. The van der Waals surface area contributed by atoms with E-state index >= 15 is 0 Å². The molecule has 4 aromatic rings. The SMILES string of the molecule is COc1ccc(/C=C(/C(=O)Nc2ccc(S(=O)(=O)Nc3ccc(Cl)cc3Cl)cc2)c2ccccc2)cc1. The maximum absolute atomic E-state index is 13.3. The van der Waals surface area contributed by atoms with Crippen molar-refractivity contribution >= 4 is 62.2 Å². The van der Waals surface area contributed by atoms with Crippen LogP contribution in [-0.2, 0) is 14.8 Å². The number of benzene rings is 4. The minimum absolute atomic E-state index is 0.00794. The highest BCUT2D eigenvalue weighted by Crippen LogP contribution is 2.28. The number of sulfonamides is 1. The summed E-state index contributed by atoms with van der Waals surface area (Å²) in [5.74, 6) is 0.370. The lowest BCUT2D eigenvalue weighted by atomic mass is 10.0. The molecular weight excluding hydrogens is 531 g/mol. The van der Waals surface area contributed by atoms with E-state index in [0.717, 1.165) is 11.1 Å². The van der Waals surface area contributed by atoms with Crippen molar-refractivity contribution in [3.8, 4) is 5.75 Å². The van der Waals surface area contributed by atoms with E-state index in [1.54, 1.807) is 13.2 Å². The normalized spacial score (nSPS) is 11.6. The van der Waals surface area contributed by atoms with Crippen LogP contribution < -0.4 is 14.8 Å². The second kappa shape index (κ2) is 11.5. The van der Waals surface area contributed by atoms with Gasteiger partial charge in [-0.3, -0.25) is 9.52 Å². The average molecular weight is 553 g/mol. The van der Waals surface area contributed by atoms with Crippen LogP contribution in [0.3, 0.4) is 0 Å². The predicted octanol–water partition coefficient (Wildman–Crippen LogP) is 6.98. The monoisotopic (exact) mass is 552 g/mol. The molecule has 0 saturated heterocycles. The number of carbonyl (C=O) groups is 1. The summed E-state index contributed by atoms with van der Waals surface area (Å²) >= 11 is 12.0. The molecule has 4 rings (SSSR count). The van der Waals surface area contributed by atoms with E-state index in [1.165, 1.54) is 42.5 Å². The number of hydrogen-bond acceptors (Lipinski definition) is 4. The number of halogens is 2. The van der Waals surface area contributed by atoms with Crippen LogP contribution in [0.25, 0.3) is 11.6 Å². The van der Waals surface area contributed by atoms with Gasteiger partial charge >= 0.3 is 0 Å². The lowest BCUT2D eigenvalue weighted by Crippen LogP contribution is -2.15. The number of carbonyl (C=O) groups excluding carboxylic acids is 1. The van der Waals surface area contributed by atoms with Gasteiger partial charge in [0.2, 0.25) is 0 Å². The molecule has 0 radical (unpaired) electrons. The maximum Gasteiger partial charge on any atom is 0.261 e. The van der Waals surface area contributed by atoms with Gasteiger partial charge in [0.1, 0.15) is 5.75 Å². The molecule has 0 unspecified atom stereocenters. The first-order valence-corrected chi connectivity index (χ1v) is 13.3. The van der Waals surface area contributed by atoms with E-state index < -0.39 is 10.0 Å². The smallest absolute Gasteiger partial charge is 0.261 e. The Morgan fingerprint density at radius 1 is 0.865 bits per heavy atom. The molecule has 188 valence electrons. The molecule has 0 aliphatic rings. The first-order chi connectivity index (χ1) is 17.7. The largest absolute Gasteiger partial charge is 0.497 e. The second-order valence-corrected chi connectivity index (χ2v) is 10.4. The molecule has 0 aliphatic carbocycles. The number of methoxy groups -OCH3 is 1. The van der Waals surface area contributed by atoms with Crippen LogP contribution in [0, 0.1) is 0 Å². The lowest BCUT2D eigenvalue weighted by Gasteiger charge is -2.12. The highest BCUT2D eigenvalue weighted by atomic mass is 35.5. The van der Waals surface area contributed by atoms with E-state index in [4.69, 9.17) is 27.9 Å². The van der Waals surface area contributed by atoms with Crippen LogP contribution >= 0.6 is 23.2 Å². The second-order valence-electron chi connectivity index (χ2n) is 7.91. The molecule has 6 nitrogen and oxygen atoms in total. The van der Waals surface area contributed by atoms with Crippen molar-refractivity contribution in [2.24, 2.45) is 0 Å². The Balaban J connectivity index is 1.55. The summed E-state index contributed by atoms with van der Waals surface area (Å²) in [5.41, 5.74) is 2.65. The molecular formula is C28H22Cl2N2O4S. The van der Waals surface area contributed by atoms with Crippen LogP contribution in [0.5, 0.6) is 5.75 Å². The van der Waals surface area contributed by atoms with Gasteiger partial charge in [-0.1, -0.05) is 65.7 Å². The van der Waals surface area contributed by atoms with E-state index in [2.05, 4.69) is 10.0 Å². The Morgan fingerprint density at radius 2 is 1.54 bits per heavy atom. The van der Waals surface area contributed by atoms with Gasteiger partial charge in [0.15, 0.2) is 0 Å². The van der Waals surface area contributed by atoms with Gasteiger partial charge < -0.3 is 10.1 Å². The quantitative estimate of drug-likeness (QED) is 0.182. The third kappa shape index (κ3) is 6.71. The third-order valence-corrected chi connectivity index (χ3v) is 7.28. The van der Waals surface area contributed by atoms with Crippen molar-refractivity contribution in [3.05, 3.63) is 118 Å². The van der Waals surface area contributed by atoms with Crippen LogP contribution in [0.2, 0.25) is 10.0 Å². The van der Waals surface area contributed by atoms with E-state index in [9.17, 15) is 13.2 Å². The van der Waals surface area contributed by atoms with Crippen LogP contribution in [0.1, 0.15) is 11.1 Å². The topological polar surface area (TPSA) is 84.5 Å². The summed E-state index contributed by atoms with van der Waals surface area (Å²) < 4.78 is 33.3. The molecule has 2 N–H and O–H groups in total. The van der Waals surface area contributed by atoms with E-state index in [0.29, 0.717) is 22.0 Å². The molecule has 37 heavy (non-hydrogen) atoms. The minimum Gasteiger partial charge on any atom is -0.497 e. The van der Waals surface area contributed by atoms with Crippen LogP contribution in [0.4, 0.5) is 11.4 Å². The molecule has 0 saturated carbocycles. The third-order valence-electron chi connectivity index (χ3n) is 5.35. The van der Waals surface area contributed by atoms with Gasteiger partial charge in [-0.05, 0) is 71.8 Å². The number of anilines is 2. The Bertz CT molecular complexity index is 1540. The molecule has 0 bridgehead atoms. The Labute approximate surface area is 225 Å². The minimum atomic E-state index is -3.91. The van der Waals surface area contributed by atoms with Gasteiger partial charge in [-0.25, -0.2) is 8.42 Å². The summed E-state index contributed by atoms with van der Waals surface area (Å²) in [5, 5.41) is 3.41. The number of hydrogen-bond donors (Lipinski definition) is 2. The van der Waals surface area contributed by atoms with Crippen molar-refractivity contribution in [1.29, 1.82) is 0 Å². The summed E-state index contributed by atoms with van der Waals surface area (Å²) in [4.78, 5) is 13.3. The number of nitrogens with one attached hydrogen (secondary N) is 2. The molecule has 1 amide bonds. The van der Waals surface area contributed by atoms with Crippen molar-refractivity contribution < 1.29 is 17.9 Å². The standard InChI is InChI=1S/C28H22Cl2N2O4S/c1-36-23-12-7-19(8-13-23)17-25(20-5-3-2-4-6-20)28(33)31-22-10-14-24(15-11-22)37(34,35)32-27-16-9-21(29)18-26(27)30/h2-18,32H,1H3,(H,31,33)/b25-17+. The van der Waals surface area contributed by atoms with Crippen molar-refractivity contribution in [2.75, 3.05) is 17.1 Å². The predicted molar refractivity (Wildman–Crippen MR) is 150 cm³/mol. The number of amides is 1. The molecule has 9 heteroatoms. The molecule has 4 aromatic carbocycles. The number of rotatable bonds is 8. The van der Waals surface area contributed by atoms with E-state index in [-0.39, 0.29) is 21.5 Å². The van der Waals surface area contributed by atoms with Gasteiger partial charge in [0.25, 0.3) is 15.9 Å². The summed E-state index contributed by atoms with van der Waals surface area (Å²) in [6.07, 6.45) is 1.78. The molecule has 0 aliphatic heterocycles. The zero-order chi connectivity index (χ0) is 26.4. The highest BCUT2D eigenvalue weighted by molar-refractivity contribution is 7.92. The maximum atomic E-state index is 13.3.